The van der Waals surface area contributed by atoms with Gasteiger partial charge in [0.1, 0.15) is 0 Å². The summed E-state index contributed by atoms with van der Waals surface area (Å²) >= 11 is 5.88. The fraction of sp³-hybridized carbons (Fsp3) is 0.182. The monoisotopic (exact) mass is 223 g/mol. The van der Waals surface area contributed by atoms with Crippen LogP contribution in [0.5, 0.6) is 0 Å². The van der Waals surface area contributed by atoms with E-state index >= 15 is 0 Å². The number of hydrogen-bond acceptors (Lipinski definition) is 1. The second-order valence-electron chi connectivity index (χ2n) is 3.49. The summed E-state index contributed by atoms with van der Waals surface area (Å²) in [5.41, 5.74) is 2.37. The summed E-state index contributed by atoms with van der Waals surface area (Å²) in [6, 6.07) is 5.21. The highest BCUT2D eigenvalue weighted by atomic mass is 35.5. The Morgan fingerprint density at radius 1 is 1.40 bits per heavy atom. The van der Waals surface area contributed by atoms with Crippen LogP contribution in [0.15, 0.2) is 18.2 Å². The molecule has 1 heterocycles. The molecular formula is C11H10ClNO2. The number of aryl methyl sites for hydroxylation is 1. The molecule has 0 aliphatic heterocycles. The van der Waals surface area contributed by atoms with E-state index < -0.39 is 6.09 Å². The summed E-state index contributed by atoms with van der Waals surface area (Å²) in [5.74, 6) is 0. The smallest absolute Gasteiger partial charge is 0.416 e. The van der Waals surface area contributed by atoms with Gasteiger partial charge in [0.15, 0.2) is 0 Å². The molecule has 1 N–H and O–H groups in total. The van der Waals surface area contributed by atoms with Gasteiger partial charge in [0.25, 0.3) is 0 Å². The van der Waals surface area contributed by atoms with Crippen molar-refractivity contribution in [3.05, 3.63) is 34.5 Å². The summed E-state index contributed by atoms with van der Waals surface area (Å²) in [4.78, 5) is 11.1. The molecule has 78 valence electrons. The first kappa shape index (κ1) is 10.1. The van der Waals surface area contributed by atoms with Gasteiger partial charge in [-0.15, -0.1) is 0 Å². The molecule has 0 aliphatic rings. The molecule has 0 bridgehead atoms. The van der Waals surface area contributed by atoms with Crippen LogP contribution < -0.4 is 0 Å². The lowest BCUT2D eigenvalue weighted by molar-refractivity contribution is 0.197. The third-order valence-corrected chi connectivity index (χ3v) is 2.91. The van der Waals surface area contributed by atoms with Gasteiger partial charge in [0.05, 0.1) is 5.52 Å². The fourth-order valence-electron chi connectivity index (χ4n) is 1.79. The minimum atomic E-state index is -0.965. The number of nitrogens with zero attached hydrogens (tertiary/aromatic N) is 1. The molecule has 0 amide bonds. The van der Waals surface area contributed by atoms with Gasteiger partial charge in [-0.1, -0.05) is 11.6 Å². The number of carbonyl (C=O) groups is 1. The van der Waals surface area contributed by atoms with Crippen LogP contribution in [-0.4, -0.2) is 15.8 Å². The van der Waals surface area contributed by atoms with E-state index in [1.54, 1.807) is 25.1 Å². The van der Waals surface area contributed by atoms with Gasteiger partial charge in [-0.3, -0.25) is 0 Å². The normalized spacial score (nSPS) is 10.9. The molecule has 0 unspecified atom stereocenters. The van der Waals surface area contributed by atoms with Gasteiger partial charge in [-0.25, -0.2) is 9.36 Å². The van der Waals surface area contributed by atoms with Crippen molar-refractivity contribution in [3.63, 3.8) is 0 Å². The van der Waals surface area contributed by atoms with Crippen molar-refractivity contribution in [3.8, 4) is 0 Å². The number of hydrogen-bond donors (Lipinski definition) is 1. The molecule has 1 aromatic carbocycles. The van der Waals surface area contributed by atoms with Crippen molar-refractivity contribution in [1.82, 2.24) is 4.57 Å². The lowest BCUT2D eigenvalue weighted by Gasteiger charge is -2.00. The molecule has 0 saturated carbocycles. The summed E-state index contributed by atoms with van der Waals surface area (Å²) in [6.07, 6.45) is -0.965. The van der Waals surface area contributed by atoms with Crippen LogP contribution in [0.4, 0.5) is 4.79 Å². The topological polar surface area (TPSA) is 42.2 Å². The maximum atomic E-state index is 11.1. The lowest BCUT2D eigenvalue weighted by atomic mass is 10.2. The van der Waals surface area contributed by atoms with E-state index in [0.717, 1.165) is 16.6 Å². The summed E-state index contributed by atoms with van der Waals surface area (Å²) < 4.78 is 1.28. The van der Waals surface area contributed by atoms with Gasteiger partial charge in [0, 0.05) is 16.1 Å². The molecule has 0 spiro atoms. The van der Waals surface area contributed by atoms with Crippen LogP contribution in [0.3, 0.4) is 0 Å². The number of halogens is 1. The Balaban J connectivity index is 2.93. The van der Waals surface area contributed by atoms with E-state index in [0.29, 0.717) is 10.5 Å². The predicted octanol–water partition coefficient (Wildman–Crippen LogP) is 3.44. The highest BCUT2D eigenvalue weighted by Gasteiger charge is 2.15. The fourth-order valence-corrected chi connectivity index (χ4v) is 1.97. The minimum absolute atomic E-state index is 0.619. The first-order valence-electron chi connectivity index (χ1n) is 4.53. The second-order valence-corrected chi connectivity index (χ2v) is 3.93. The molecule has 2 aromatic rings. The number of rotatable bonds is 0. The van der Waals surface area contributed by atoms with Crippen molar-refractivity contribution in [1.29, 1.82) is 0 Å². The van der Waals surface area contributed by atoms with Crippen molar-refractivity contribution in [2.45, 2.75) is 13.8 Å². The summed E-state index contributed by atoms with van der Waals surface area (Å²) in [6.45, 7) is 3.69. The first-order chi connectivity index (χ1) is 7.02. The lowest BCUT2D eigenvalue weighted by Crippen LogP contribution is -2.09. The Morgan fingerprint density at radius 3 is 2.67 bits per heavy atom. The molecule has 1 aromatic heterocycles. The van der Waals surface area contributed by atoms with Gasteiger partial charge in [-0.05, 0) is 37.6 Å². The molecule has 0 atom stereocenters. The van der Waals surface area contributed by atoms with Crippen molar-refractivity contribution in [2.24, 2.45) is 0 Å². The van der Waals surface area contributed by atoms with Crippen LogP contribution in [0.1, 0.15) is 11.3 Å². The van der Waals surface area contributed by atoms with E-state index in [4.69, 9.17) is 16.7 Å². The maximum Gasteiger partial charge on any atom is 0.416 e. The Morgan fingerprint density at radius 2 is 2.07 bits per heavy atom. The van der Waals surface area contributed by atoms with E-state index in [1.807, 2.05) is 6.92 Å². The standard InChI is InChI=1S/C11H10ClNO2/c1-6-7(2)13(11(14)15)10-4-3-8(12)5-9(6)10/h3-5H,1-2H3,(H,14,15). The van der Waals surface area contributed by atoms with Gasteiger partial charge in [0.2, 0.25) is 0 Å². The quantitative estimate of drug-likeness (QED) is 0.744. The molecule has 4 heteroatoms. The third-order valence-electron chi connectivity index (χ3n) is 2.67. The van der Waals surface area contributed by atoms with E-state index in [2.05, 4.69) is 0 Å². The zero-order valence-corrected chi connectivity index (χ0v) is 9.17. The van der Waals surface area contributed by atoms with Gasteiger partial charge < -0.3 is 5.11 Å². The SMILES string of the molecule is Cc1c(C)n(C(=O)O)c2ccc(Cl)cc12. The van der Waals surface area contributed by atoms with Crippen molar-refractivity contribution >= 4 is 28.6 Å². The summed E-state index contributed by atoms with van der Waals surface area (Å²) in [7, 11) is 0. The van der Waals surface area contributed by atoms with Crippen molar-refractivity contribution < 1.29 is 9.90 Å². The van der Waals surface area contributed by atoms with Crippen molar-refractivity contribution in [2.75, 3.05) is 0 Å². The average molecular weight is 224 g/mol. The maximum absolute atomic E-state index is 11.1. The van der Waals surface area contributed by atoms with E-state index in [-0.39, 0.29) is 0 Å². The molecule has 0 saturated heterocycles. The Kier molecular flexibility index (Phi) is 2.20. The van der Waals surface area contributed by atoms with Crippen LogP contribution >= 0.6 is 11.6 Å². The highest BCUT2D eigenvalue weighted by Crippen LogP contribution is 2.27. The van der Waals surface area contributed by atoms with Gasteiger partial charge in [-0.2, -0.15) is 0 Å². The largest absolute Gasteiger partial charge is 0.464 e. The first-order valence-corrected chi connectivity index (χ1v) is 4.90. The van der Waals surface area contributed by atoms with Crippen LogP contribution in [0, 0.1) is 13.8 Å². The third kappa shape index (κ3) is 1.39. The average Bonchev–Trinajstić information content (AvgIpc) is 2.41. The molecule has 0 radical (unpaired) electrons. The molecule has 2 rings (SSSR count). The van der Waals surface area contributed by atoms with Crippen LogP contribution in [0.2, 0.25) is 5.02 Å². The zero-order valence-electron chi connectivity index (χ0n) is 8.41. The van der Waals surface area contributed by atoms with E-state index in [9.17, 15) is 4.79 Å². The molecule has 3 nitrogen and oxygen atoms in total. The second kappa shape index (κ2) is 3.28. The van der Waals surface area contributed by atoms with E-state index in [1.165, 1.54) is 4.57 Å². The van der Waals surface area contributed by atoms with Crippen LogP contribution in [-0.2, 0) is 0 Å². The van der Waals surface area contributed by atoms with Gasteiger partial charge >= 0.3 is 6.09 Å². The number of aromatic nitrogens is 1. The number of benzene rings is 1. The minimum Gasteiger partial charge on any atom is -0.464 e. The number of carboxylic acid groups (broad SMARTS) is 1. The Hall–Kier alpha value is -1.48. The predicted molar refractivity (Wildman–Crippen MR) is 59.8 cm³/mol. The Bertz CT molecular complexity index is 557. The molecule has 15 heavy (non-hydrogen) atoms. The Labute approximate surface area is 91.9 Å². The molecule has 0 fully saturated rings. The number of fused-ring (bicyclic) bond motifs is 1. The molecular weight excluding hydrogens is 214 g/mol. The summed E-state index contributed by atoms with van der Waals surface area (Å²) in [5, 5.41) is 10.6. The highest BCUT2D eigenvalue weighted by molar-refractivity contribution is 6.31. The van der Waals surface area contributed by atoms with Crippen LogP contribution in [0.25, 0.3) is 10.9 Å². The zero-order chi connectivity index (χ0) is 11.2. The molecule has 0 aliphatic carbocycles.